The zero-order valence-electron chi connectivity index (χ0n) is 11.1. The maximum absolute atomic E-state index is 9.02. The molecule has 2 N–H and O–H groups in total. The van der Waals surface area contributed by atoms with Crippen LogP contribution in [0, 0.1) is 11.8 Å². The van der Waals surface area contributed by atoms with Gasteiger partial charge >= 0.3 is 0 Å². The van der Waals surface area contributed by atoms with E-state index in [9.17, 15) is 0 Å². The maximum Gasteiger partial charge on any atom is 0.0446 e. The molecule has 0 saturated carbocycles. The molecule has 0 amide bonds. The number of nitrogens with zero attached hydrogens (tertiary/aromatic N) is 1. The molecular weight excluding hydrogens is 200 g/mol. The molecule has 1 heterocycles. The van der Waals surface area contributed by atoms with Gasteiger partial charge in [0.2, 0.25) is 0 Å². The number of likely N-dealkylation sites (tertiary alicyclic amines) is 1. The Bertz CT molecular complexity index is 179. The highest BCUT2D eigenvalue weighted by atomic mass is 16.3. The molecule has 3 heteroatoms. The molecule has 0 aromatic carbocycles. The number of aliphatic hydroxyl groups is 1. The van der Waals surface area contributed by atoms with Gasteiger partial charge in [-0.2, -0.15) is 0 Å². The molecule has 1 rings (SSSR count). The van der Waals surface area contributed by atoms with E-state index in [1.165, 1.54) is 19.5 Å². The highest BCUT2D eigenvalue weighted by molar-refractivity contribution is 4.81. The van der Waals surface area contributed by atoms with Crippen LogP contribution in [0.5, 0.6) is 0 Å². The molecule has 0 aliphatic carbocycles. The predicted octanol–water partition coefficient (Wildman–Crippen LogP) is 1.32. The van der Waals surface area contributed by atoms with E-state index in [4.69, 9.17) is 5.11 Å². The standard InChI is InChI=1S/C13H28N2O/c1-4-14-13(6-8-16)10-15-7-5-12(9-15)11(2)3/h11-14,16H,4-10H2,1-3H3. The van der Waals surface area contributed by atoms with Crippen LogP contribution in [-0.4, -0.2) is 48.8 Å². The molecular formula is C13H28N2O. The number of hydrogen-bond donors (Lipinski definition) is 2. The van der Waals surface area contributed by atoms with Crippen LogP contribution in [0.4, 0.5) is 0 Å². The van der Waals surface area contributed by atoms with Crippen molar-refractivity contribution in [2.45, 2.75) is 39.7 Å². The summed E-state index contributed by atoms with van der Waals surface area (Å²) in [5, 5.41) is 12.5. The Morgan fingerprint density at radius 3 is 2.69 bits per heavy atom. The highest BCUT2D eigenvalue weighted by Crippen LogP contribution is 2.23. The van der Waals surface area contributed by atoms with Gasteiger partial charge in [-0.3, -0.25) is 0 Å². The molecule has 0 aromatic heterocycles. The summed E-state index contributed by atoms with van der Waals surface area (Å²) in [4.78, 5) is 2.55. The van der Waals surface area contributed by atoms with E-state index >= 15 is 0 Å². The molecule has 1 saturated heterocycles. The molecule has 96 valence electrons. The lowest BCUT2D eigenvalue weighted by atomic mass is 9.95. The summed E-state index contributed by atoms with van der Waals surface area (Å²) in [5.41, 5.74) is 0. The summed E-state index contributed by atoms with van der Waals surface area (Å²) in [6, 6.07) is 0.459. The molecule has 2 atom stereocenters. The Hall–Kier alpha value is -0.120. The molecule has 1 aliphatic rings. The minimum Gasteiger partial charge on any atom is -0.396 e. The average molecular weight is 228 g/mol. The minimum absolute atomic E-state index is 0.291. The monoisotopic (exact) mass is 228 g/mol. The van der Waals surface area contributed by atoms with E-state index in [-0.39, 0.29) is 0 Å². The van der Waals surface area contributed by atoms with Crippen LogP contribution in [0.25, 0.3) is 0 Å². The summed E-state index contributed by atoms with van der Waals surface area (Å²) >= 11 is 0. The lowest BCUT2D eigenvalue weighted by Crippen LogP contribution is -2.41. The fraction of sp³-hybridized carbons (Fsp3) is 1.00. The van der Waals surface area contributed by atoms with Crippen molar-refractivity contribution in [3.63, 3.8) is 0 Å². The molecule has 0 aromatic rings. The zero-order chi connectivity index (χ0) is 12.0. The van der Waals surface area contributed by atoms with Crippen LogP contribution in [0.1, 0.15) is 33.6 Å². The number of aliphatic hydroxyl groups excluding tert-OH is 1. The van der Waals surface area contributed by atoms with Crippen LogP contribution >= 0.6 is 0 Å². The molecule has 1 aliphatic heterocycles. The summed E-state index contributed by atoms with van der Waals surface area (Å²) in [7, 11) is 0. The normalized spacial score (nSPS) is 24.2. The zero-order valence-corrected chi connectivity index (χ0v) is 11.1. The average Bonchev–Trinajstić information content (AvgIpc) is 2.67. The van der Waals surface area contributed by atoms with Crippen LogP contribution in [-0.2, 0) is 0 Å². The van der Waals surface area contributed by atoms with Crippen molar-refractivity contribution in [1.29, 1.82) is 0 Å². The van der Waals surface area contributed by atoms with Crippen LogP contribution < -0.4 is 5.32 Å². The summed E-state index contributed by atoms with van der Waals surface area (Å²) < 4.78 is 0. The van der Waals surface area contributed by atoms with Gasteiger partial charge in [-0.15, -0.1) is 0 Å². The van der Waals surface area contributed by atoms with E-state index in [2.05, 4.69) is 31.0 Å². The van der Waals surface area contributed by atoms with Crippen molar-refractivity contribution in [3.05, 3.63) is 0 Å². The molecule has 0 radical (unpaired) electrons. The van der Waals surface area contributed by atoms with Crippen molar-refractivity contribution < 1.29 is 5.11 Å². The van der Waals surface area contributed by atoms with E-state index < -0.39 is 0 Å². The Morgan fingerprint density at radius 1 is 1.44 bits per heavy atom. The smallest absolute Gasteiger partial charge is 0.0446 e. The van der Waals surface area contributed by atoms with E-state index in [0.717, 1.165) is 31.3 Å². The third-order valence-electron chi connectivity index (χ3n) is 3.70. The second-order valence-electron chi connectivity index (χ2n) is 5.32. The van der Waals surface area contributed by atoms with Gasteiger partial charge in [0.1, 0.15) is 0 Å². The Morgan fingerprint density at radius 2 is 2.19 bits per heavy atom. The van der Waals surface area contributed by atoms with Gasteiger partial charge in [-0.25, -0.2) is 0 Å². The second kappa shape index (κ2) is 7.25. The SMILES string of the molecule is CCNC(CCO)CN1CCC(C(C)C)C1. The quantitative estimate of drug-likeness (QED) is 0.690. The number of likely N-dealkylation sites (N-methyl/N-ethyl adjacent to an activating group) is 1. The van der Waals surface area contributed by atoms with Crippen molar-refractivity contribution >= 4 is 0 Å². The van der Waals surface area contributed by atoms with Crippen molar-refractivity contribution in [1.82, 2.24) is 10.2 Å². The van der Waals surface area contributed by atoms with Crippen LogP contribution in [0.2, 0.25) is 0 Å². The lowest BCUT2D eigenvalue weighted by Gasteiger charge is -2.24. The first-order valence-corrected chi connectivity index (χ1v) is 6.74. The molecule has 3 nitrogen and oxygen atoms in total. The first-order chi connectivity index (χ1) is 7.67. The Balaban J connectivity index is 2.30. The van der Waals surface area contributed by atoms with Crippen molar-refractivity contribution in [2.24, 2.45) is 11.8 Å². The van der Waals surface area contributed by atoms with Crippen molar-refractivity contribution in [3.8, 4) is 0 Å². The minimum atomic E-state index is 0.291. The number of nitrogens with one attached hydrogen (secondary N) is 1. The number of rotatable bonds is 7. The fourth-order valence-corrected chi connectivity index (χ4v) is 2.59. The largest absolute Gasteiger partial charge is 0.396 e. The van der Waals surface area contributed by atoms with Gasteiger partial charge in [0.15, 0.2) is 0 Å². The summed E-state index contributed by atoms with van der Waals surface area (Å²) in [6.07, 6.45) is 2.21. The van der Waals surface area contributed by atoms with Crippen LogP contribution in [0.15, 0.2) is 0 Å². The van der Waals surface area contributed by atoms with E-state index in [0.29, 0.717) is 12.6 Å². The Kier molecular flexibility index (Phi) is 6.32. The lowest BCUT2D eigenvalue weighted by molar-refractivity contribution is 0.223. The van der Waals surface area contributed by atoms with E-state index in [1.807, 2.05) is 0 Å². The molecule has 16 heavy (non-hydrogen) atoms. The molecule has 1 fully saturated rings. The van der Waals surface area contributed by atoms with E-state index in [1.54, 1.807) is 0 Å². The van der Waals surface area contributed by atoms with Gasteiger partial charge in [0.25, 0.3) is 0 Å². The van der Waals surface area contributed by atoms with Gasteiger partial charge in [0, 0.05) is 25.7 Å². The maximum atomic E-state index is 9.02. The van der Waals surface area contributed by atoms with Gasteiger partial charge < -0.3 is 15.3 Å². The van der Waals surface area contributed by atoms with Crippen LogP contribution in [0.3, 0.4) is 0 Å². The van der Waals surface area contributed by atoms with Crippen molar-refractivity contribution in [2.75, 3.05) is 32.8 Å². The highest BCUT2D eigenvalue weighted by Gasteiger charge is 2.26. The van der Waals surface area contributed by atoms with Gasteiger partial charge in [-0.05, 0) is 37.8 Å². The molecule has 2 unspecified atom stereocenters. The molecule has 0 bridgehead atoms. The molecule has 0 spiro atoms. The third-order valence-corrected chi connectivity index (χ3v) is 3.70. The Labute approximate surface area is 100 Å². The second-order valence-corrected chi connectivity index (χ2v) is 5.32. The third kappa shape index (κ3) is 4.40. The summed E-state index contributed by atoms with van der Waals surface area (Å²) in [6.45, 7) is 11.6. The fourth-order valence-electron chi connectivity index (χ4n) is 2.59. The first-order valence-electron chi connectivity index (χ1n) is 6.74. The predicted molar refractivity (Wildman–Crippen MR) is 68.6 cm³/mol. The first kappa shape index (κ1) is 13.9. The topological polar surface area (TPSA) is 35.5 Å². The summed E-state index contributed by atoms with van der Waals surface area (Å²) in [5.74, 6) is 1.68. The van der Waals surface area contributed by atoms with Gasteiger partial charge in [0.05, 0.1) is 0 Å². The number of hydrogen-bond acceptors (Lipinski definition) is 3. The van der Waals surface area contributed by atoms with Gasteiger partial charge in [-0.1, -0.05) is 20.8 Å².